The van der Waals surface area contributed by atoms with E-state index in [2.05, 4.69) is 51.8 Å². The molecule has 2 aromatic rings. The fourth-order valence-electron chi connectivity index (χ4n) is 2.54. The Labute approximate surface area is 148 Å². The summed E-state index contributed by atoms with van der Waals surface area (Å²) in [7, 11) is 0. The number of aromatic nitrogens is 1. The third-order valence-corrected chi connectivity index (χ3v) is 4.76. The normalized spacial score (nSPS) is 12.3. The van der Waals surface area contributed by atoms with Crippen LogP contribution in [-0.2, 0) is 15.6 Å². The summed E-state index contributed by atoms with van der Waals surface area (Å²) in [5.74, 6) is 0.234. The fourth-order valence-corrected chi connectivity index (χ4v) is 3.39. The molecule has 1 amide bonds. The molecule has 0 unspecified atom stereocenters. The lowest BCUT2D eigenvalue weighted by atomic mass is 9.78. The first-order chi connectivity index (χ1) is 10.9. The molecule has 5 heteroatoms. The Morgan fingerprint density at radius 3 is 2.00 bits per heavy atom. The van der Waals surface area contributed by atoms with Crippen LogP contribution in [0.3, 0.4) is 0 Å². The second kappa shape index (κ2) is 6.20. The third kappa shape index (κ3) is 3.96. The van der Waals surface area contributed by atoms with Crippen LogP contribution in [-0.4, -0.2) is 16.0 Å². The van der Waals surface area contributed by atoms with Gasteiger partial charge in [-0.15, -0.1) is 0 Å². The smallest absolute Gasteiger partial charge is 0.223 e. The summed E-state index contributed by atoms with van der Waals surface area (Å²) in [6.07, 6.45) is 1.77. The molecule has 0 spiro atoms. The van der Waals surface area contributed by atoms with Crippen LogP contribution in [0.25, 0.3) is 10.4 Å². The Morgan fingerprint density at radius 2 is 1.58 bits per heavy atom. The van der Waals surface area contributed by atoms with Gasteiger partial charge < -0.3 is 10.4 Å². The number of hydrogen-bond acceptors (Lipinski definition) is 4. The number of phenols is 1. The molecule has 0 aliphatic carbocycles. The average Bonchev–Trinajstić information content (AvgIpc) is 2.83. The molecular weight excluding hydrogens is 320 g/mol. The molecule has 0 saturated carbocycles. The first kappa shape index (κ1) is 18.5. The highest BCUT2D eigenvalue weighted by Crippen LogP contribution is 2.43. The van der Waals surface area contributed by atoms with Gasteiger partial charge in [0.25, 0.3) is 0 Å². The van der Waals surface area contributed by atoms with E-state index in [4.69, 9.17) is 0 Å². The molecule has 0 radical (unpaired) electrons. The molecule has 0 bridgehead atoms. The van der Waals surface area contributed by atoms with Crippen molar-refractivity contribution in [3.8, 4) is 16.2 Å². The van der Waals surface area contributed by atoms with Gasteiger partial charge in [0.1, 0.15) is 5.75 Å². The minimum absolute atomic E-state index is 0.132. The molecule has 4 nitrogen and oxygen atoms in total. The van der Waals surface area contributed by atoms with Crippen molar-refractivity contribution in [2.24, 2.45) is 0 Å². The number of rotatable bonds is 2. The van der Waals surface area contributed by atoms with Gasteiger partial charge in [0.2, 0.25) is 5.91 Å². The van der Waals surface area contributed by atoms with Gasteiger partial charge in [0, 0.05) is 24.2 Å². The molecule has 0 saturated heterocycles. The third-order valence-electron chi connectivity index (χ3n) is 3.80. The van der Waals surface area contributed by atoms with E-state index in [0.29, 0.717) is 10.9 Å². The number of carbonyl (C=O) groups is 1. The van der Waals surface area contributed by atoms with Crippen molar-refractivity contribution in [2.75, 3.05) is 5.32 Å². The molecule has 2 rings (SSSR count). The lowest BCUT2D eigenvalue weighted by Gasteiger charge is -2.28. The van der Waals surface area contributed by atoms with E-state index in [-0.39, 0.29) is 16.7 Å². The summed E-state index contributed by atoms with van der Waals surface area (Å²) < 4.78 is 0. The number of hydrogen-bond donors (Lipinski definition) is 2. The van der Waals surface area contributed by atoms with Gasteiger partial charge in [-0.25, -0.2) is 4.98 Å². The Kier molecular flexibility index (Phi) is 4.77. The number of thiazole rings is 1. The Morgan fingerprint density at radius 1 is 1.08 bits per heavy atom. The van der Waals surface area contributed by atoms with E-state index in [1.807, 2.05) is 12.1 Å². The maximum atomic E-state index is 11.2. The largest absolute Gasteiger partial charge is 0.507 e. The molecule has 2 N–H and O–H groups in total. The number of nitrogens with zero attached hydrogens (tertiary/aromatic N) is 1. The number of carbonyl (C=O) groups excluding carboxylic acids is 1. The van der Waals surface area contributed by atoms with E-state index in [1.54, 1.807) is 6.20 Å². The summed E-state index contributed by atoms with van der Waals surface area (Å²) in [4.78, 5) is 16.4. The summed E-state index contributed by atoms with van der Waals surface area (Å²) in [5.41, 5.74) is 2.49. The lowest BCUT2D eigenvalue weighted by molar-refractivity contribution is -0.114. The number of anilines is 1. The molecule has 24 heavy (non-hydrogen) atoms. The average molecular weight is 346 g/mol. The minimum atomic E-state index is -0.175. The number of nitrogens with one attached hydrogen (secondary N) is 1. The zero-order valence-electron chi connectivity index (χ0n) is 15.4. The Hall–Kier alpha value is -1.88. The Bertz CT molecular complexity index is 729. The van der Waals surface area contributed by atoms with Crippen LogP contribution in [0.4, 0.5) is 5.13 Å². The maximum absolute atomic E-state index is 11.2. The molecule has 130 valence electrons. The lowest BCUT2D eigenvalue weighted by Crippen LogP contribution is -2.17. The van der Waals surface area contributed by atoms with Crippen molar-refractivity contribution in [1.29, 1.82) is 0 Å². The minimum Gasteiger partial charge on any atom is -0.507 e. The van der Waals surface area contributed by atoms with Crippen LogP contribution < -0.4 is 5.32 Å². The van der Waals surface area contributed by atoms with Crippen LogP contribution in [0.2, 0.25) is 0 Å². The van der Waals surface area contributed by atoms with E-state index < -0.39 is 0 Å². The summed E-state index contributed by atoms with van der Waals surface area (Å²) in [6, 6.07) is 4.05. The predicted molar refractivity (Wildman–Crippen MR) is 101 cm³/mol. The highest BCUT2D eigenvalue weighted by molar-refractivity contribution is 7.19. The van der Waals surface area contributed by atoms with Gasteiger partial charge in [0.15, 0.2) is 5.13 Å². The van der Waals surface area contributed by atoms with Gasteiger partial charge in [-0.05, 0) is 28.5 Å². The zero-order chi connectivity index (χ0) is 18.3. The highest BCUT2D eigenvalue weighted by Gasteiger charge is 2.27. The predicted octanol–water partition coefficient (Wildman–Crippen LogP) is 5.07. The zero-order valence-corrected chi connectivity index (χ0v) is 16.3. The van der Waals surface area contributed by atoms with Gasteiger partial charge in [0.05, 0.1) is 4.88 Å². The first-order valence-electron chi connectivity index (χ1n) is 8.01. The summed E-state index contributed by atoms with van der Waals surface area (Å²) >= 11 is 1.43. The van der Waals surface area contributed by atoms with Crippen molar-refractivity contribution in [1.82, 2.24) is 4.98 Å². The molecule has 0 aliphatic rings. The van der Waals surface area contributed by atoms with Crippen LogP contribution >= 0.6 is 11.3 Å². The van der Waals surface area contributed by atoms with Crippen molar-refractivity contribution < 1.29 is 9.90 Å². The van der Waals surface area contributed by atoms with Gasteiger partial charge in [-0.3, -0.25) is 4.79 Å². The molecule has 1 heterocycles. The van der Waals surface area contributed by atoms with Gasteiger partial charge in [-0.1, -0.05) is 52.9 Å². The van der Waals surface area contributed by atoms with Crippen molar-refractivity contribution in [3.05, 3.63) is 29.5 Å². The van der Waals surface area contributed by atoms with Crippen LogP contribution in [0.5, 0.6) is 5.75 Å². The van der Waals surface area contributed by atoms with Crippen LogP contribution in [0.15, 0.2) is 18.3 Å². The van der Waals surface area contributed by atoms with E-state index in [0.717, 1.165) is 21.6 Å². The second-order valence-corrected chi connectivity index (χ2v) is 9.16. The number of benzene rings is 1. The maximum Gasteiger partial charge on any atom is 0.223 e. The topological polar surface area (TPSA) is 62.2 Å². The van der Waals surface area contributed by atoms with E-state index in [9.17, 15) is 9.90 Å². The van der Waals surface area contributed by atoms with E-state index >= 15 is 0 Å². The number of amides is 1. The summed E-state index contributed by atoms with van der Waals surface area (Å²) in [5, 5.41) is 14.1. The standard InChI is InChI=1S/C19H26N2O2S/c1-11(22)21-17-20-10-15(24-17)12-8-13(18(2,3)4)16(23)14(9-12)19(5,6)7/h8-10,23H,1-7H3,(H,20,21,22). The van der Waals surface area contributed by atoms with Crippen LogP contribution in [0, 0.1) is 0 Å². The van der Waals surface area contributed by atoms with Crippen LogP contribution in [0.1, 0.15) is 59.6 Å². The number of phenolic OH excluding ortho intramolecular Hbond substituents is 1. The molecule has 0 aliphatic heterocycles. The monoisotopic (exact) mass is 346 g/mol. The fraction of sp³-hybridized carbons (Fsp3) is 0.474. The summed E-state index contributed by atoms with van der Waals surface area (Å²) in [6.45, 7) is 14.0. The molecule has 0 fully saturated rings. The van der Waals surface area contributed by atoms with Crippen molar-refractivity contribution in [2.45, 2.75) is 59.3 Å². The van der Waals surface area contributed by atoms with Crippen molar-refractivity contribution >= 4 is 22.4 Å². The van der Waals surface area contributed by atoms with Crippen molar-refractivity contribution in [3.63, 3.8) is 0 Å². The molecule has 1 aromatic heterocycles. The van der Waals surface area contributed by atoms with Gasteiger partial charge >= 0.3 is 0 Å². The first-order valence-corrected chi connectivity index (χ1v) is 8.83. The van der Waals surface area contributed by atoms with Gasteiger partial charge in [-0.2, -0.15) is 0 Å². The molecular formula is C19H26N2O2S. The molecule has 0 atom stereocenters. The van der Waals surface area contributed by atoms with E-state index in [1.165, 1.54) is 18.3 Å². The molecule has 1 aromatic carbocycles. The second-order valence-electron chi connectivity index (χ2n) is 8.13. The SMILES string of the molecule is CC(=O)Nc1ncc(-c2cc(C(C)(C)C)c(O)c(C(C)(C)C)c2)s1. The highest BCUT2D eigenvalue weighted by atomic mass is 32.1. The Balaban J connectivity index is 2.62. The quantitative estimate of drug-likeness (QED) is 0.798. The number of aromatic hydroxyl groups is 1.